The molecule has 4 aromatic rings. The number of ether oxygens (including phenoxy) is 2. The van der Waals surface area contributed by atoms with Crippen LogP contribution in [0.1, 0.15) is 18.7 Å². The molecule has 0 aliphatic carbocycles. The smallest absolute Gasteiger partial charge is 0.234 e. The van der Waals surface area contributed by atoms with E-state index in [1.54, 1.807) is 12.1 Å². The molecule has 1 N–H and O–H groups in total. The molecule has 1 atom stereocenters. The van der Waals surface area contributed by atoms with Gasteiger partial charge in [0.25, 0.3) is 0 Å². The van der Waals surface area contributed by atoms with Crippen LogP contribution in [0, 0.1) is 5.82 Å². The van der Waals surface area contributed by atoms with Gasteiger partial charge in [-0.1, -0.05) is 54.2 Å². The van der Waals surface area contributed by atoms with Crippen molar-refractivity contribution in [3.63, 3.8) is 0 Å². The number of carbonyl (C=O) groups is 1. The van der Waals surface area contributed by atoms with Gasteiger partial charge in [0.05, 0.1) is 18.4 Å². The van der Waals surface area contributed by atoms with Gasteiger partial charge >= 0.3 is 0 Å². The van der Waals surface area contributed by atoms with Crippen LogP contribution in [0.2, 0.25) is 0 Å². The summed E-state index contributed by atoms with van der Waals surface area (Å²) < 4.78 is 27.4. The van der Waals surface area contributed by atoms with Crippen LogP contribution in [0.3, 0.4) is 0 Å². The summed E-state index contributed by atoms with van der Waals surface area (Å²) in [6.07, 6.45) is 2.06. The van der Waals surface area contributed by atoms with Crippen molar-refractivity contribution < 1.29 is 18.7 Å². The lowest BCUT2D eigenvalue weighted by atomic mass is 10.1. The van der Waals surface area contributed by atoms with Gasteiger partial charge in [-0.15, -0.1) is 10.2 Å². The normalized spacial score (nSPS) is 15.4. The first-order valence-electron chi connectivity index (χ1n) is 11.5. The number of amides is 1. The second kappa shape index (κ2) is 10.9. The van der Waals surface area contributed by atoms with Gasteiger partial charge in [-0.25, -0.2) is 4.39 Å². The minimum absolute atomic E-state index is 0.0720. The van der Waals surface area contributed by atoms with Crippen molar-refractivity contribution in [2.75, 3.05) is 17.7 Å². The van der Waals surface area contributed by atoms with Gasteiger partial charge in [0.1, 0.15) is 18.2 Å². The number of carbonyl (C=O) groups excluding carboxylic acids is 1. The van der Waals surface area contributed by atoms with Gasteiger partial charge in [-0.2, -0.15) is 0 Å². The van der Waals surface area contributed by atoms with Crippen molar-refractivity contribution in [2.24, 2.45) is 0 Å². The molecule has 180 valence electrons. The molecule has 1 fully saturated rings. The van der Waals surface area contributed by atoms with Crippen LogP contribution >= 0.6 is 11.8 Å². The van der Waals surface area contributed by atoms with E-state index in [9.17, 15) is 9.18 Å². The third-order valence-corrected chi connectivity index (χ3v) is 6.72. The Morgan fingerprint density at radius 2 is 2.00 bits per heavy atom. The SMILES string of the molecule is O=C(CSc1nnc(COc2cccc3ccccc23)n1C[C@H]1CCCO1)Nc1cccc(F)c1. The van der Waals surface area contributed by atoms with Crippen molar-refractivity contribution in [1.82, 2.24) is 14.8 Å². The van der Waals surface area contributed by atoms with Crippen molar-refractivity contribution >= 4 is 34.1 Å². The maximum Gasteiger partial charge on any atom is 0.234 e. The highest BCUT2D eigenvalue weighted by molar-refractivity contribution is 7.99. The van der Waals surface area contributed by atoms with E-state index >= 15 is 0 Å². The molecule has 3 aromatic carbocycles. The number of aromatic nitrogens is 3. The fourth-order valence-corrected chi connectivity index (χ4v) is 4.83. The number of nitrogens with zero attached hydrogens (tertiary/aromatic N) is 3. The summed E-state index contributed by atoms with van der Waals surface area (Å²) in [5.41, 5.74) is 0.417. The Morgan fingerprint density at radius 1 is 1.14 bits per heavy atom. The van der Waals surface area contributed by atoms with Gasteiger partial charge in [0, 0.05) is 17.7 Å². The zero-order valence-electron chi connectivity index (χ0n) is 19.0. The van der Waals surface area contributed by atoms with E-state index in [-0.39, 0.29) is 24.4 Å². The average Bonchev–Trinajstić information content (AvgIpc) is 3.52. The van der Waals surface area contributed by atoms with Gasteiger partial charge < -0.3 is 19.4 Å². The summed E-state index contributed by atoms with van der Waals surface area (Å²) >= 11 is 1.28. The van der Waals surface area contributed by atoms with E-state index in [4.69, 9.17) is 9.47 Å². The molecule has 5 rings (SSSR count). The Labute approximate surface area is 206 Å². The molecule has 0 radical (unpaired) electrons. The van der Waals surface area contributed by atoms with Crippen LogP contribution in [-0.4, -0.2) is 39.1 Å². The Balaban J connectivity index is 1.29. The lowest BCUT2D eigenvalue weighted by Crippen LogP contribution is -2.19. The minimum Gasteiger partial charge on any atom is -0.485 e. The van der Waals surface area contributed by atoms with Crippen LogP contribution in [0.25, 0.3) is 10.8 Å². The van der Waals surface area contributed by atoms with Crippen LogP contribution in [-0.2, 0) is 22.7 Å². The number of hydrogen-bond acceptors (Lipinski definition) is 6. The fraction of sp³-hybridized carbons (Fsp3) is 0.269. The summed E-state index contributed by atoms with van der Waals surface area (Å²) in [6, 6.07) is 19.8. The number of fused-ring (bicyclic) bond motifs is 1. The molecule has 35 heavy (non-hydrogen) atoms. The quantitative estimate of drug-likeness (QED) is 0.329. The van der Waals surface area contributed by atoms with E-state index in [0.717, 1.165) is 36.0 Å². The zero-order valence-corrected chi connectivity index (χ0v) is 19.8. The van der Waals surface area contributed by atoms with Gasteiger partial charge in [0.2, 0.25) is 5.91 Å². The molecule has 7 nitrogen and oxygen atoms in total. The molecule has 2 heterocycles. The second-order valence-electron chi connectivity index (χ2n) is 8.26. The molecular formula is C26H25FN4O3S. The first kappa shape index (κ1) is 23.3. The van der Waals surface area contributed by atoms with E-state index in [2.05, 4.69) is 15.5 Å². The molecule has 1 aromatic heterocycles. The minimum atomic E-state index is -0.400. The van der Waals surface area contributed by atoms with Crippen LogP contribution in [0.5, 0.6) is 5.75 Å². The number of thioether (sulfide) groups is 1. The van der Waals surface area contributed by atoms with Crippen molar-refractivity contribution in [3.05, 3.63) is 78.4 Å². The topological polar surface area (TPSA) is 78.3 Å². The second-order valence-corrected chi connectivity index (χ2v) is 9.20. The molecule has 9 heteroatoms. The Hall–Kier alpha value is -3.43. The van der Waals surface area contributed by atoms with Gasteiger partial charge in [-0.05, 0) is 42.5 Å². The highest BCUT2D eigenvalue weighted by Crippen LogP contribution is 2.27. The Bertz CT molecular complexity index is 1320. The number of nitrogens with one attached hydrogen (secondary N) is 1. The van der Waals surface area contributed by atoms with Gasteiger partial charge in [-0.3, -0.25) is 4.79 Å². The highest BCUT2D eigenvalue weighted by Gasteiger charge is 2.22. The molecular weight excluding hydrogens is 467 g/mol. The van der Waals surface area contributed by atoms with E-state index < -0.39 is 5.82 Å². The van der Waals surface area contributed by atoms with Crippen LogP contribution in [0.15, 0.2) is 71.9 Å². The number of halogens is 1. The molecule has 0 saturated carbocycles. The molecule has 0 unspecified atom stereocenters. The Morgan fingerprint density at radius 3 is 2.86 bits per heavy atom. The maximum absolute atomic E-state index is 13.4. The Kier molecular flexibility index (Phi) is 7.25. The fourth-order valence-electron chi connectivity index (χ4n) is 4.07. The van der Waals surface area contributed by atoms with E-state index in [0.29, 0.717) is 23.2 Å². The molecule has 0 spiro atoms. The van der Waals surface area contributed by atoms with Crippen molar-refractivity contribution in [2.45, 2.75) is 37.3 Å². The average molecular weight is 493 g/mol. The summed E-state index contributed by atoms with van der Waals surface area (Å²) in [4.78, 5) is 12.4. The molecule has 1 aliphatic rings. The zero-order chi connectivity index (χ0) is 24.0. The van der Waals surface area contributed by atoms with Crippen molar-refractivity contribution in [3.8, 4) is 5.75 Å². The number of rotatable bonds is 9. The standard InChI is InChI=1S/C26H25FN4O3S/c27-19-8-4-9-20(14-19)28-25(32)17-35-26-30-29-24(31(26)15-21-10-5-13-33-21)16-34-23-12-3-7-18-6-1-2-11-22(18)23/h1-4,6-9,11-12,14,21H,5,10,13,15-17H2,(H,28,32)/t21-/m1/s1. The molecule has 1 aliphatic heterocycles. The monoisotopic (exact) mass is 492 g/mol. The first-order chi connectivity index (χ1) is 17.2. The maximum atomic E-state index is 13.4. The predicted octanol–water partition coefficient (Wildman–Crippen LogP) is 5.06. The third kappa shape index (κ3) is 5.80. The summed E-state index contributed by atoms with van der Waals surface area (Å²) in [5.74, 6) is 0.910. The number of anilines is 1. The number of hydrogen-bond donors (Lipinski definition) is 1. The largest absolute Gasteiger partial charge is 0.485 e. The van der Waals surface area contributed by atoms with E-state index in [1.165, 1.54) is 23.9 Å². The molecule has 0 bridgehead atoms. The first-order valence-corrected chi connectivity index (χ1v) is 12.5. The lowest BCUT2D eigenvalue weighted by Gasteiger charge is -2.15. The third-order valence-electron chi connectivity index (χ3n) is 5.75. The van der Waals surface area contributed by atoms with E-state index in [1.807, 2.05) is 47.0 Å². The van der Waals surface area contributed by atoms with Crippen molar-refractivity contribution in [1.29, 1.82) is 0 Å². The summed E-state index contributed by atoms with van der Waals surface area (Å²) in [5, 5.41) is 14.1. The molecule has 1 saturated heterocycles. The molecule has 1 amide bonds. The highest BCUT2D eigenvalue weighted by atomic mass is 32.2. The summed E-state index contributed by atoms with van der Waals surface area (Å²) in [7, 11) is 0. The van der Waals surface area contributed by atoms with Crippen LogP contribution < -0.4 is 10.1 Å². The number of benzene rings is 3. The predicted molar refractivity (Wildman–Crippen MR) is 133 cm³/mol. The van der Waals surface area contributed by atoms with Gasteiger partial charge in [0.15, 0.2) is 11.0 Å². The summed E-state index contributed by atoms with van der Waals surface area (Å²) in [6.45, 7) is 1.58. The van der Waals surface area contributed by atoms with Crippen LogP contribution in [0.4, 0.5) is 10.1 Å². The lowest BCUT2D eigenvalue weighted by molar-refractivity contribution is -0.113.